The van der Waals surface area contributed by atoms with E-state index < -0.39 is 12.0 Å². The van der Waals surface area contributed by atoms with Gasteiger partial charge in [0.05, 0.1) is 22.7 Å². The molecule has 3 heterocycles. The molecule has 0 spiro atoms. The lowest BCUT2D eigenvalue weighted by atomic mass is 9.92. The fraction of sp³-hybridized carbons (Fsp3) is 0.667. The SMILES string of the molecule is O=C(O)C[C@@H](NC(=O)[C@@H]1CCCN(C(=O)CCC2CCNCC2)C1)c1ccc(Cl)s1. The number of carboxylic acids is 1. The van der Waals surface area contributed by atoms with Crippen LogP contribution in [0.15, 0.2) is 12.1 Å². The van der Waals surface area contributed by atoms with Crippen molar-refractivity contribution >= 4 is 40.7 Å². The smallest absolute Gasteiger partial charge is 0.305 e. The van der Waals surface area contributed by atoms with E-state index in [1.807, 2.05) is 4.90 Å². The van der Waals surface area contributed by atoms with E-state index in [0.717, 1.165) is 43.6 Å². The van der Waals surface area contributed by atoms with Crippen molar-refractivity contribution in [3.8, 4) is 0 Å². The van der Waals surface area contributed by atoms with Crippen molar-refractivity contribution in [3.63, 3.8) is 0 Å². The molecule has 0 saturated carbocycles. The minimum absolute atomic E-state index is 0.123. The number of carboxylic acid groups (broad SMARTS) is 1. The quantitative estimate of drug-likeness (QED) is 0.559. The number of amides is 2. The Kier molecular flexibility index (Phi) is 8.53. The van der Waals surface area contributed by atoms with Gasteiger partial charge in [0.15, 0.2) is 0 Å². The van der Waals surface area contributed by atoms with Crippen LogP contribution in [-0.4, -0.2) is 54.0 Å². The van der Waals surface area contributed by atoms with Crippen molar-refractivity contribution in [3.05, 3.63) is 21.3 Å². The molecule has 2 atom stereocenters. The third kappa shape index (κ3) is 6.68. The molecular formula is C21H30ClN3O4S. The molecule has 7 nitrogen and oxygen atoms in total. The molecule has 2 amide bonds. The van der Waals surface area contributed by atoms with Crippen LogP contribution in [0.5, 0.6) is 0 Å². The molecule has 2 aliphatic rings. The summed E-state index contributed by atoms with van der Waals surface area (Å²) in [6, 6.07) is 2.84. The first kappa shape index (κ1) is 23.0. The molecule has 30 heavy (non-hydrogen) atoms. The topological polar surface area (TPSA) is 98.7 Å². The predicted molar refractivity (Wildman–Crippen MR) is 117 cm³/mol. The van der Waals surface area contributed by atoms with Crippen LogP contribution in [0, 0.1) is 11.8 Å². The summed E-state index contributed by atoms with van der Waals surface area (Å²) in [7, 11) is 0. The Balaban J connectivity index is 1.53. The lowest BCUT2D eigenvalue weighted by Gasteiger charge is -2.33. The van der Waals surface area contributed by atoms with Gasteiger partial charge in [0.2, 0.25) is 11.8 Å². The number of hydrogen-bond donors (Lipinski definition) is 3. The summed E-state index contributed by atoms with van der Waals surface area (Å²) in [5.41, 5.74) is 0. The van der Waals surface area contributed by atoms with Gasteiger partial charge in [0, 0.05) is 24.4 Å². The van der Waals surface area contributed by atoms with Crippen LogP contribution in [0.25, 0.3) is 0 Å². The molecule has 9 heteroatoms. The van der Waals surface area contributed by atoms with Gasteiger partial charge in [-0.1, -0.05) is 11.6 Å². The van der Waals surface area contributed by atoms with E-state index >= 15 is 0 Å². The van der Waals surface area contributed by atoms with E-state index in [1.54, 1.807) is 12.1 Å². The van der Waals surface area contributed by atoms with Crippen LogP contribution in [0.3, 0.4) is 0 Å². The zero-order valence-electron chi connectivity index (χ0n) is 17.1. The number of thiophene rings is 1. The maximum absolute atomic E-state index is 12.9. The number of aliphatic carboxylic acids is 1. The summed E-state index contributed by atoms with van der Waals surface area (Å²) >= 11 is 7.25. The average Bonchev–Trinajstić information content (AvgIpc) is 3.18. The molecule has 2 aliphatic heterocycles. The standard InChI is InChI=1S/C21H30ClN3O4S/c22-18-5-4-17(30-18)16(12-20(27)28)24-21(29)15-2-1-11-25(13-15)19(26)6-3-14-7-9-23-10-8-14/h4-5,14-16,23H,1-3,6-13H2,(H,24,29)(H,27,28)/t15-,16-/m1/s1. The van der Waals surface area contributed by atoms with Crippen molar-refractivity contribution in [2.45, 2.75) is 51.0 Å². The van der Waals surface area contributed by atoms with E-state index in [1.165, 1.54) is 11.3 Å². The molecule has 0 aromatic carbocycles. The van der Waals surface area contributed by atoms with Gasteiger partial charge in [-0.25, -0.2) is 0 Å². The van der Waals surface area contributed by atoms with E-state index in [4.69, 9.17) is 11.6 Å². The summed E-state index contributed by atoms with van der Waals surface area (Å²) in [5, 5.41) is 15.4. The number of hydrogen-bond acceptors (Lipinski definition) is 5. The van der Waals surface area contributed by atoms with Crippen molar-refractivity contribution in [1.29, 1.82) is 0 Å². The largest absolute Gasteiger partial charge is 0.481 e. The molecule has 3 rings (SSSR count). The Morgan fingerprint density at radius 2 is 2.03 bits per heavy atom. The zero-order valence-corrected chi connectivity index (χ0v) is 18.6. The highest BCUT2D eigenvalue weighted by Gasteiger charge is 2.31. The second-order valence-electron chi connectivity index (χ2n) is 8.21. The second-order valence-corrected chi connectivity index (χ2v) is 9.96. The molecule has 0 radical (unpaired) electrons. The molecule has 0 unspecified atom stereocenters. The molecule has 3 N–H and O–H groups in total. The summed E-state index contributed by atoms with van der Waals surface area (Å²) in [5.74, 6) is -0.759. The van der Waals surface area contributed by atoms with E-state index in [2.05, 4.69) is 10.6 Å². The number of carbonyl (C=O) groups is 3. The Bertz CT molecular complexity index is 750. The molecule has 2 fully saturated rings. The number of carbonyl (C=O) groups excluding carboxylic acids is 2. The fourth-order valence-electron chi connectivity index (χ4n) is 4.28. The van der Waals surface area contributed by atoms with Crippen LogP contribution < -0.4 is 10.6 Å². The predicted octanol–water partition coefficient (Wildman–Crippen LogP) is 3.05. The highest BCUT2D eigenvalue weighted by Crippen LogP contribution is 2.30. The number of likely N-dealkylation sites (tertiary alicyclic amines) is 1. The number of rotatable bonds is 8. The molecule has 1 aromatic rings. The van der Waals surface area contributed by atoms with Crippen molar-refractivity contribution in [1.82, 2.24) is 15.5 Å². The molecule has 1 aromatic heterocycles. The Morgan fingerprint density at radius 3 is 2.70 bits per heavy atom. The Hall–Kier alpha value is -1.64. The van der Waals surface area contributed by atoms with Gasteiger partial charge in [0.25, 0.3) is 0 Å². The Morgan fingerprint density at radius 1 is 1.27 bits per heavy atom. The van der Waals surface area contributed by atoms with Crippen LogP contribution in [0.2, 0.25) is 4.34 Å². The summed E-state index contributed by atoms with van der Waals surface area (Å²) in [4.78, 5) is 39.3. The van der Waals surface area contributed by atoms with Gasteiger partial charge in [-0.05, 0) is 63.2 Å². The molecule has 0 aliphatic carbocycles. The van der Waals surface area contributed by atoms with Gasteiger partial charge in [-0.2, -0.15) is 0 Å². The highest BCUT2D eigenvalue weighted by atomic mass is 35.5. The van der Waals surface area contributed by atoms with Crippen LogP contribution in [-0.2, 0) is 14.4 Å². The minimum atomic E-state index is -0.983. The minimum Gasteiger partial charge on any atom is -0.481 e. The lowest BCUT2D eigenvalue weighted by molar-refractivity contribution is -0.138. The van der Waals surface area contributed by atoms with Crippen molar-refractivity contribution in [2.75, 3.05) is 26.2 Å². The van der Waals surface area contributed by atoms with Crippen LogP contribution in [0.1, 0.15) is 55.9 Å². The third-order valence-corrected chi connectivity index (χ3v) is 7.35. The number of nitrogens with zero attached hydrogens (tertiary/aromatic N) is 1. The Labute approximate surface area is 186 Å². The maximum Gasteiger partial charge on any atom is 0.305 e. The van der Waals surface area contributed by atoms with Crippen molar-refractivity contribution in [2.24, 2.45) is 11.8 Å². The second kappa shape index (κ2) is 11.1. The summed E-state index contributed by atoms with van der Waals surface area (Å²) in [6.45, 7) is 3.14. The van der Waals surface area contributed by atoms with Crippen LogP contribution in [0.4, 0.5) is 0 Å². The molecule has 2 saturated heterocycles. The number of piperidine rings is 2. The first-order valence-corrected chi connectivity index (χ1v) is 11.9. The first-order valence-electron chi connectivity index (χ1n) is 10.7. The fourth-order valence-corrected chi connectivity index (χ4v) is 5.39. The van der Waals surface area contributed by atoms with E-state index in [0.29, 0.717) is 36.2 Å². The van der Waals surface area contributed by atoms with E-state index in [-0.39, 0.29) is 24.2 Å². The first-order chi connectivity index (χ1) is 14.4. The average molecular weight is 456 g/mol. The van der Waals surface area contributed by atoms with Crippen molar-refractivity contribution < 1.29 is 19.5 Å². The molecule has 0 bridgehead atoms. The summed E-state index contributed by atoms with van der Waals surface area (Å²) < 4.78 is 0.554. The number of halogens is 1. The van der Waals surface area contributed by atoms with Gasteiger partial charge >= 0.3 is 5.97 Å². The van der Waals surface area contributed by atoms with Crippen LogP contribution >= 0.6 is 22.9 Å². The number of nitrogens with one attached hydrogen (secondary N) is 2. The summed E-state index contributed by atoms with van der Waals surface area (Å²) in [6.07, 6.45) is 4.97. The van der Waals surface area contributed by atoms with Gasteiger partial charge in [-0.3, -0.25) is 14.4 Å². The monoisotopic (exact) mass is 455 g/mol. The highest BCUT2D eigenvalue weighted by molar-refractivity contribution is 7.16. The maximum atomic E-state index is 12.9. The molecule has 166 valence electrons. The lowest BCUT2D eigenvalue weighted by Crippen LogP contribution is -2.46. The molecular weight excluding hydrogens is 426 g/mol. The van der Waals surface area contributed by atoms with E-state index in [9.17, 15) is 19.5 Å². The zero-order chi connectivity index (χ0) is 21.5. The van der Waals surface area contributed by atoms with Gasteiger partial charge < -0.3 is 20.6 Å². The van der Waals surface area contributed by atoms with Gasteiger partial charge in [-0.15, -0.1) is 11.3 Å². The third-order valence-electron chi connectivity index (χ3n) is 6.00. The normalized spacial score (nSPS) is 21.2. The van der Waals surface area contributed by atoms with Gasteiger partial charge in [0.1, 0.15) is 0 Å².